The van der Waals surface area contributed by atoms with Crippen molar-refractivity contribution in [3.8, 4) is 5.75 Å². The molecule has 0 fully saturated rings. The van der Waals surface area contributed by atoms with Crippen LogP contribution in [0.3, 0.4) is 0 Å². The zero-order valence-electron chi connectivity index (χ0n) is 20.0. The van der Waals surface area contributed by atoms with Gasteiger partial charge in [0.05, 0.1) is 22.1 Å². The molecule has 0 spiro atoms. The number of hydrogen-bond acceptors (Lipinski definition) is 4. The maximum atomic E-state index is 12.2. The lowest BCUT2D eigenvalue weighted by Gasteiger charge is -2.26. The molecule has 6 nitrogen and oxygen atoms in total. The Morgan fingerprint density at radius 3 is 2.47 bits per heavy atom. The van der Waals surface area contributed by atoms with Crippen LogP contribution < -0.4 is 4.74 Å². The quantitative estimate of drug-likeness (QED) is 0.326. The highest BCUT2D eigenvalue weighted by molar-refractivity contribution is 5.79. The first-order valence-electron chi connectivity index (χ1n) is 11.7. The van der Waals surface area contributed by atoms with E-state index >= 15 is 0 Å². The lowest BCUT2D eigenvalue weighted by molar-refractivity contribution is -0.149. The normalized spacial score (nSPS) is 11.6. The highest BCUT2D eigenvalue weighted by Crippen LogP contribution is 2.33. The summed E-state index contributed by atoms with van der Waals surface area (Å²) in [7, 11) is 0. The van der Waals surface area contributed by atoms with Crippen molar-refractivity contribution in [1.29, 1.82) is 0 Å². The number of aryl methyl sites for hydroxylation is 1. The average Bonchev–Trinajstić information content (AvgIpc) is 3.18. The third-order valence-corrected chi connectivity index (χ3v) is 6.65. The van der Waals surface area contributed by atoms with Crippen molar-refractivity contribution in [3.05, 3.63) is 89.5 Å². The second-order valence-corrected chi connectivity index (χ2v) is 8.84. The topological polar surface area (TPSA) is 77.2 Å². The maximum absolute atomic E-state index is 12.2. The minimum absolute atomic E-state index is 0.374. The van der Waals surface area contributed by atoms with Crippen molar-refractivity contribution < 1.29 is 14.6 Å². The molecule has 0 aliphatic rings. The van der Waals surface area contributed by atoms with E-state index in [1.54, 1.807) is 0 Å². The van der Waals surface area contributed by atoms with Gasteiger partial charge in [-0.3, -0.25) is 9.78 Å². The lowest BCUT2D eigenvalue weighted by atomic mass is 9.79. The number of nitrogens with zero attached hydrogens (tertiary/aromatic N) is 3. The molecule has 0 saturated heterocycles. The van der Waals surface area contributed by atoms with Gasteiger partial charge in [0, 0.05) is 25.2 Å². The molecule has 0 aliphatic carbocycles. The van der Waals surface area contributed by atoms with E-state index in [9.17, 15) is 9.90 Å². The van der Waals surface area contributed by atoms with Crippen LogP contribution in [-0.2, 0) is 24.4 Å². The number of carbonyl (C=O) groups is 1. The summed E-state index contributed by atoms with van der Waals surface area (Å²) in [5.41, 5.74) is 4.03. The van der Waals surface area contributed by atoms with Crippen molar-refractivity contribution in [3.63, 3.8) is 0 Å². The molecular weight excluding hydrogens is 426 g/mol. The summed E-state index contributed by atoms with van der Waals surface area (Å²) >= 11 is 0. The van der Waals surface area contributed by atoms with Gasteiger partial charge in [0.25, 0.3) is 0 Å². The van der Waals surface area contributed by atoms with Crippen LogP contribution in [0.5, 0.6) is 5.75 Å². The van der Waals surface area contributed by atoms with E-state index in [-0.39, 0.29) is 0 Å². The Labute approximate surface area is 200 Å². The Morgan fingerprint density at radius 2 is 1.82 bits per heavy atom. The summed E-state index contributed by atoms with van der Waals surface area (Å²) < 4.78 is 8.17. The fourth-order valence-electron chi connectivity index (χ4n) is 4.24. The monoisotopic (exact) mass is 457 g/mol. The maximum Gasteiger partial charge on any atom is 0.310 e. The van der Waals surface area contributed by atoms with Gasteiger partial charge in [-0.25, -0.2) is 4.98 Å². The minimum atomic E-state index is -0.841. The number of benzene rings is 2. The fraction of sp³-hybridized carbons (Fsp3) is 0.321. The Morgan fingerprint density at radius 1 is 1.06 bits per heavy atom. The third kappa shape index (κ3) is 4.96. The Hall–Kier alpha value is -3.67. The number of aromatic nitrogens is 3. The Bertz CT molecular complexity index is 1260. The molecule has 1 N–H and O–H groups in total. The standard InChI is InChI=1S/C28H31N3O3/c1-4-28(5-2,27(32)33)16-26-30-24-14-13-23(34-19-22-12-11-20(3)17-29-22)15-25(24)31(26)18-21-9-7-6-8-10-21/h6-15,17H,4-5,16,18-19H2,1-3H3,(H,32,33). The molecule has 0 aliphatic heterocycles. The van der Waals surface area contributed by atoms with Crippen LogP contribution in [0.1, 0.15) is 49.3 Å². The highest BCUT2D eigenvalue weighted by Gasteiger charge is 2.36. The van der Waals surface area contributed by atoms with Gasteiger partial charge >= 0.3 is 5.97 Å². The van der Waals surface area contributed by atoms with Gasteiger partial charge in [-0.05, 0) is 49.1 Å². The van der Waals surface area contributed by atoms with E-state index in [4.69, 9.17) is 9.72 Å². The molecule has 0 amide bonds. The Kier molecular flexibility index (Phi) is 6.96. The number of carboxylic acid groups (broad SMARTS) is 1. The van der Waals surface area contributed by atoms with Gasteiger partial charge in [-0.1, -0.05) is 50.2 Å². The van der Waals surface area contributed by atoms with Gasteiger partial charge in [0.1, 0.15) is 18.2 Å². The molecule has 6 heteroatoms. The van der Waals surface area contributed by atoms with Crippen molar-refractivity contribution in [2.45, 2.75) is 53.2 Å². The zero-order chi connectivity index (χ0) is 24.1. The summed E-state index contributed by atoms with van der Waals surface area (Å²) in [6, 6.07) is 20.0. The number of fused-ring (bicyclic) bond motifs is 1. The Balaban J connectivity index is 1.71. The zero-order valence-corrected chi connectivity index (χ0v) is 20.0. The van der Waals surface area contributed by atoms with Gasteiger partial charge in [-0.2, -0.15) is 0 Å². The van der Waals surface area contributed by atoms with Crippen molar-refractivity contribution in [2.24, 2.45) is 5.41 Å². The molecule has 4 aromatic rings. The number of imidazole rings is 1. The van der Waals surface area contributed by atoms with E-state index in [1.165, 1.54) is 0 Å². The smallest absolute Gasteiger partial charge is 0.310 e. The van der Waals surface area contributed by atoms with Gasteiger partial charge < -0.3 is 14.4 Å². The van der Waals surface area contributed by atoms with Crippen molar-refractivity contribution in [2.75, 3.05) is 0 Å². The fourth-order valence-corrected chi connectivity index (χ4v) is 4.24. The SMILES string of the molecule is CCC(CC)(Cc1nc2ccc(OCc3ccc(C)cn3)cc2n1Cc1ccccc1)C(=O)O. The number of aliphatic carboxylic acids is 1. The van der Waals surface area contributed by atoms with Crippen LogP contribution in [0.25, 0.3) is 11.0 Å². The van der Waals surface area contributed by atoms with Crippen LogP contribution in [0.4, 0.5) is 0 Å². The van der Waals surface area contributed by atoms with Gasteiger partial charge in [0.15, 0.2) is 0 Å². The first-order chi connectivity index (χ1) is 16.4. The molecule has 0 saturated carbocycles. The summed E-state index contributed by atoms with van der Waals surface area (Å²) in [5, 5.41) is 10.0. The first-order valence-corrected chi connectivity index (χ1v) is 11.7. The third-order valence-electron chi connectivity index (χ3n) is 6.65. The summed E-state index contributed by atoms with van der Waals surface area (Å²) in [6.45, 7) is 6.87. The van der Waals surface area contributed by atoms with Gasteiger partial charge in [0.2, 0.25) is 0 Å². The molecule has 0 atom stereocenters. The molecular formula is C28H31N3O3. The molecule has 2 aromatic carbocycles. The van der Waals surface area contributed by atoms with Crippen LogP contribution >= 0.6 is 0 Å². The van der Waals surface area contributed by atoms with E-state index in [0.29, 0.717) is 32.4 Å². The number of ether oxygens (including phenoxy) is 1. The van der Waals surface area contributed by atoms with E-state index in [1.807, 2.05) is 75.5 Å². The van der Waals surface area contributed by atoms with Crippen LogP contribution in [0.2, 0.25) is 0 Å². The van der Waals surface area contributed by atoms with Crippen molar-refractivity contribution >= 4 is 17.0 Å². The predicted octanol–water partition coefficient (Wildman–Crippen LogP) is 5.80. The molecule has 4 rings (SSSR count). The largest absolute Gasteiger partial charge is 0.487 e. The van der Waals surface area contributed by atoms with Gasteiger partial charge in [-0.15, -0.1) is 0 Å². The average molecular weight is 458 g/mol. The molecule has 34 heavy (non-hydrogen) atoms. The van der Waals surface area contributed by atoms with E-state index in [0.717, 1.165) is 39.4 Å². The van der Waals surface area contributed by atoms with Crippen LogP contribution in [-0.4, -0.2) is 25.6 Å². The predicted molar refractivity (Wildman–Crippen MR) is 133 cm³/mol. The number of carboxylic acids is 1. The van der Waals surface area contributed by atoms with E-state index in [2.05, 4.69) is 21.7 Å². The molecule has 0 bridgehead atoms. The second kappa shape index (κ2) is 10.1. The molecule has 0 unspecified atom stereocenters. The number of pyridine rings is 1. The molecule has 0 radical (unpaired) electrons. The lowest BCUT2D eigenvalue weighted by Crippen LogP contribution is -2.33. The van der Waals surface area contributed by atoms with Crippen LogP contribution in [0, 0.1) is 12.3 Å². The highest BCUT2D eigenvalue weighted by atomic mass is 16.5. The summed E-state index contributed by atoms with van der Waals surface area (Å²) in [4.78, 5) is 21.5. The molecule has 2 aromatic heterocycles. The number of hydrogen-bond donors (Lipinski definition) is 1. The summed E-state index contributed by atoms with van der Waals surface area (Å²) in [5.74, 6) is 0.735. The van der Waals surface area contributed by atoms with Crippen LogP contribution in [0.15, 0.2) is 66.9 Å². The second-order valence-electron chi connectivity index (χ2n) is 8.84. The summed E-state index contributed by atoms with van der Waals surface area (Å²) in [6.07, 6.45) is 3.30. The minimum Gasteiger partial charge on any atom is -0.487 e. The number of rotatable bonds is 10. The van der Waals surface area contributed by atoms with Crippen molar-refractivity contribution in [1.82, 2.24) is 14.5 Å². The first kappa shape index (κ1) is 23.5. The van der Waals surface area contributed by atoms with E-state index < -0.39 is 11.4 Å². The molecule has 176 valence electrons. The molecule has 2 heterocycles.